The molecular formula is C15H19FN4O2S. The summed E-state index contributed by atoms with van der Waals surface area (Å²) in [4.78, 5) is 6.38. The highest BCUT2D eigenvalue weighted by Gasteiger charge is 2.28. The zero-order valence-electron chi connectivity index (χ0n) is 12.7. The standard InChI is InChI=1S/C15H19FN4O2S/c16-14-1-3-15(4-2-14)23(21,22)20-11-9-18(10-12-20)7-8-19-6-5-17-13-19/h1-6,13H,7-12H2. The molecular weight excluding hydrogens is 319 g/mol. The summed E-state index contributed by atoms with van der Waals surface area (Å²) in [6, 6.07) is 4.98. The smallest absolute Gasteiger partial charge is 0.243 e. The largest absolute Gasteiger partial charge is 0.336 e. The highest BCUT2D eigenvalue weighted by atomic mass is 32.2. The molecule has 0 bridgehead atoms. The maximum absolute atomic E-state index is 12.9. The van der Waals surface area contributed by atoms with Crippen LogP contribution in [0.25, 0.3) is 0 Å². The first kappa shape index (κ1) is 16.1. The van der Waals surface area contributed by atoms with E-state index >= 15 is 0 Å². The zero-order valence-corrected chi connectivity index (χ0v) is 13.5. The van der Waals surface area contributed by atoms with Gasteiger partial charge in [0.25, 0.3) is 0 Å². The molecule has 8 heteroatoms. The maximum Gasteiger partial charge on any atom is 0.243 e. The predicted molar refractivity (Wildman–Crippen MR) is 83.8 cm³/mol. The second kappa shape index (κ2) is 6.77. The van der Waals surface area contributed by atoms with Crippen LogP contribution in [0.5, 0.6) is 0 Å². The van der Waals surface area contributed by atoms with Crippen LogP contribution in [0.15, 0.2) is 47.9 Å². The van der Waals surface area contributed by atoms with Crippen LogP contribution >= 0.6 is 0 Å². The molecule has 1 fully saturated rings. The number of hydrogen-bond donors (Lipinski definition) is 0. The molecule has 1 saturated heterocycles. The second-order valence-corrected chi connectivity index (χ2v) is 7.44. The maximum atomic E-state index is 12.9. The lowest BCUT2D eigenvalue weighted by molar-refractivity contribution is 0.183. The van der Waals surface area contributed by atoms with Gasteiger partial charge in [0.1, 0.15) is 5.82 Å². The summed E-state index contributed by atoms with van der Waals surface area (Å²) in [5.41, 5.74) is 0. The van der Waals surface area contributed by atoms with Gasteiger partial charge < -0.3 is 4.57 Å². The van der Waals surface area contributed by atoms with Gasteiger partial charge >= 0.3 is 0 Å². The summed E-state index contributed by atoms with van der Waals surface area (Å²) in [7, 11) is -3.54. The van der Waals surface area contributed by atoms with Crippen LogP contribution in [-0.2, 0) is 16.6 Å². The van der Waals surface area contributed by atoms with E-state index in [0.717, 1.165) is 13.1 Å². The molecule has 3 rings (SSSR count). The van der Waals surface area contributed by atoms with Crippen molar-refractivity contribution in [2.45, 2.75) is 11.4 Å². The fraction of sp³-hybridized carbons (Fsp3) is 0.400. The van der Waals surface area contributed by atoms with Crippen LogP contribution in [-0.4, -0.2) is 59.9 Å². The molecule has 0 unspecified atom stereocenters. The number of piperazine rings is 1. The van der Waals surface area contributed by atoms with Crippen molar-refractivity contribution in [1.82, 2.24) is 18.8 Å². The van der Waals surface area contributed by atoms with Gasteiger partial charge in [-0.15, -0.1) is 0 Å². The van der Waals surface area contributed by atoms with E-state index in [1.54, 1.807) is 12.5 Å². The third-order valence-corrected chi connectivity index (χ3v) is 5.93. The monoisotopic (exact) mass is 338 g/mol. The van der Waals surface area contributed by atoms with Gasteiger partial charge in [-0.1, -0.05) is 0 Å². The molecule has 0 amide bonds. The molecule has 2 aromatic rings. The average molecular weight is 338 g/mol. The lowest BCUT2D eigenvalue weighted by Gasteiger charge is -2.34. The normalized spacial score (nSPS) is 17.4. The van der Waals surface area contributed by atoms with E-state index in [-0.39, 0.29) is 4.90 Å². The number of imidazole rings is 1. The Balaban J connectivity index is 1.56. The van der Waals surface area contributed by atoms with E-state index in [9.17, 15) is 12.8 Å². The summed E-state index contributed by atoms with van der Waals surface area (Å²) < 4.78 is 41.5. The third-order valence-electron chi connectivity index (χ3n) is 4.02. The van der Waals surface area contributed by atoms with Crippen LogP contribution in [0.1, 0.15) is 0 Å². The Morgan fingerprint density at radius 1 is 1.04 bits per heavy atom. The van der Waals surface area contributed by atoms with Crippen molar-refractivity contribution >= 4 is 10.0 Å². The van der Waals surface area contributed by atoms with Gasteiger partial charge in [-0.05, 0) is 24.3 Å². The number of hydrogen-bond acceptors (Lipinski definition) is 4. The predicted octanol–water partition coefficient (Wildman–Crippen LogP) is 1.03. The quantitative estimate of drug-likeness (QED) is 0.817. The van der Waals surface area contributed by atoms with E-state index in [4.69, 9.17) is 0 Å². The van der Waals surface area contributed by atoms with Gasteiger partial charge in [0.15, 0.2) is 0 Å². The summed E-state index contributed by atoms with van der Waals surface area (Å²) in [5.74, 6) is -0.437. The molecule has 1 aliphatic heterocycles. The minimum atomic E-state index is -3.54. The molecule has 6 nitrogen and oxygen atoms in total. The SMILES string of the molecule is O=S(=O)(c1ccc(F)cc1)N1CCN(CCn2ccnc2)CC1. The first-order valence-corrected chi connectivity index (χ1v) is 8.93. The highest BCUT2D eigenvalue weighted by Crippen LogP contribution is 2.18. The van der Waals surface area contributed by atoms with Crippen molar-refractivity contribution < 1.29 is 12.8 Å². The molecule has 0 aliphatic carbocycles. The number of sulfonamides is 1. The van der Waals surface area contributed by atoms with Crippen molar-refractivity contribution in [3.63, 3.8) is 0 Å². The van der Waals surface area contributed by atoms with Gasteiger partial charge in [-0.3, -0.25) is 4.90 Å². The molecule has 0 saturated carbocycles. The summed E-state index contributed by atoms with van der Waals surface area (Å²) >= 11 is 0. The van der Waals surface area contributed by atoms with Gasteiger partial charge in [0, 0.05) is 51.7 Å². The lowest BCUT2D eigenvalue weighted by Crippen LogP contribution is -2.49. The fourth-order valence-corrected chi connectivity index (χ4v) is 4.05. The first-order chi connectivity index (χ1) is 11.1. The van der Waals surface area contributed by atoms with Gasteiger partial charge in [-0.25, -0.2) is 17.8 Å². The Morgan fingerprint density at radius 3 is 2.35 bits per heavy atom. The lowest BCUT2D eigenvalue weighted by atomic mass is 10.3. The first-order valence-electron chi connectivity index (χ1n) is 7.49. The van der Waals surface area contributed by atoms with Crippen molar-refractivity contribution in [1.29, 1.82) is 0 Å². The van der Waals surface area contributed by atoms with Gasteiger partial charge in [-0.2, -0.15) is 4.31 Å². The molecule has 124 valence electrons. The van der Waals surface area contributed by atoms with Crippen LogP contribution in [0.3, 0.4) is 0 Å². The highest BCUT2D eigenvalue weighted by molar-refractivity contribution is 7.89. The summed E-state index contributed by atoms with van der Waals surface area (Å²) in [6.45, 7) is 3.98. The van der Waals surface area contributed by atoms with E-state index in [1.807, 2.05) is 10.8 Å². The Bertz CT molecular complexity index is 723. The molecule has 0 atom stereocenters. The molecule has 23 heavy (non-hydrogen) atoms. The minimum Gasteiger partial charge on any atom is -0.336 e. The molecule has 0 radical (unpaired) electrons. The number of nitrogens with zero attached hydrogens (tertiary/aromatic N) is 4. The summed E-state index contributed by atoms with van der Waals surface area (Å²) in [5, 5.41) is 0. The van der Waals surface area contributed by atoms with Crippen molar-refractivity contribution in [2.75, 3.05) is 32.7 Å². The van der Waals surface area contributed by atoms with E-state index < -0.39 is 15.8 Å². The zero-order chi connectivity index (χ0) is 16.3. The van der Waals surface area contributed by atoms with Crippen LogP contribution in [0.2, 0.25) is 0 Å². The Labute approximate surface area is 135 Å². The van der Waals surface area contributed by atoms with E-state index in [2.05, 4.69) is 9.88 Å². The number of halogens is 1. The van der Waals surface area contributed by atoms with Crippen molar-refractivity contribution in [3.8, 4) is 0 Å². The van der Waals surface area contributed by atoms with Crippen molar-refractivity contribution in [2.24, 2.45) is 0 Å². The number of benzene rings is 1. The second-order valence-electron chi connectivity index (χ2n) is 5.50. The third kappa shape index (κ3) is 3.77. The molecule has 1 aliphatic rings. The van der Waals surface area contributed by atoms with Crippen molar-refractivity contribution in [3.05, 3.63) is 48.8 Å². The van der Waals surface area contributed by atoms with Crippen LogP contribution in [0.4, 0.5) is 4.39 Å². The number of rotatable bonds is 5. The molecule has 2 heterocycles. The average Bonchev–Trinajstić information content (AvgIpc) is 3.07. The molecule has 0 spiro atoms. The Kier molecular flexibility index (Phi) is 4.74. The topological polar surface area (TPSA) is 58.4 Å². The Hall–Kier alpha value is -1.77. The van der Waals surface area contributed by atoms with Gasteiger partial charge in [0.05, 0.1) is 11.2 Å². The summed E-state index contributed by atoms with van der Waals surface area (Å²) in [6.07, 6.45) is 5.43. The van der Waals surface area contributed by atoms with Crippen LogP contribution < -0.4 is 0 Å². The van der Waals surface area contributed by atoms with Crippen LogP contribution in [0, 0.1) is 5.82 Å². The molecule has 0 N–H and O–H groups in total. The van der Waals surface area contributed by atoms with E-state index in [1.165, 1.54) is 28.6 Å². The van der Waals surface area contributed by atoms with E-state index in [0.29, 0.717) is 26.2 Å². The fourth-order valence-electron chi connectivity index (χ4n) is 2.63. The minimum absolute atomic E-state index is 0.144. The molecule has 1 aromatic heterocycles. The number of aromatic nitrogens is 2. The van der Waals surface area contributed by atoms with Gasteiger partial charge in [0.2, 0.25) is 10.0 Å². The Morgan fingerprint density at radius 2 is 1.74 bits per heavy atom. The molecule has 1 aromatic carbocycles.